The molecule has 1 aromatic carbocycles. The Morgan fingerprint density at radius 3 is 2.95 bits per heavy atom. The summed E-state index contributed by atoms with van der Waals surface area (Å²) in [6, 6.07) is 8.30. The zero-order chi connectivity index (χ0) is 14.8. The molecule has 21 heavy (non-hydrogen) atoms. The van der Waals surface area contributed by atoms with E-state index in [4.69, 9.17) is 0 Å². The molecule has 0 unspecified atom stereocenters. The Bertz CT molecular complexity index is 707. The largest absolute Gasteiger partial charge is 0.379 e. The lowest BCUT2D eigenvalue weighted by Gasteiger charge is -2.10. The van der Waals surface area contributed by atoms with Crippen LogP contribution in [0.5, 0.6) is 0 Å². The first kappa shape index (κ1) is 14.3. The highest BCUT2D eigenvalue weighted by atomic mass is 79.9. The molecule has 110 valence electrons. The standard InChI is InChI=1S/C16H18BrN3O/c1-11-3-2-4-13(7-11)8-18-14-9-19-20(10-12-5-6-12)16(21)15(14)17/h2-4,7,9,12,18H,5-6,8,10H2,1H3. The highest BCUT2D eigenvalue weighted by Crippen LogP contribution is 2.30. The molecule has 5 heteroatoms. The van der Waals surface area contributed by atoms with E-state index in [9.17, 15) is 4.79 Å². The van der Waals surface area contributed by atoms with Gasteiger partial charge in [-0.25, -0.2) is 4.68 Å². The van der Waals surface area contributed by atoms with Crippen LogP contribution in [-0.2, 0) is 13.1 Å². The normalized spacial score (nSPS) is 14.2. The molecule has 1 saturated carbocycles. The Labute approximate surface area is 132 Å². The number of nitrogens with zero attached hydrogens (tertiary/aromatic N) is 2. The number of halogens is 1. The van der Waals surface area contributed by atoms with Crippen LogP contribution in [-0.4, -0.2) is 9.78 Å². The lowest BCUT2D eigenvalue weighted by atomic mass is 10.1. The molecule has 0 bridgehead atoms. The average molecular weight is 348 g/mol. The van der Waals surface area contributed by atoms with Crippen molar-refractivity contribution in [2.24, 2.45) is 5.92 Å². The second-order valence-electron chi connectivity index (χ2n) is 5.65. The van der Waals surface area contributed by atoms with Crippen LogP contribution in [0.4, 0.5) is 5.69 Å². The van der Waals surface area contributed by atoms with Crippen molar-refractivity contribution in [3.05, 3.63) is 56.4 Å². The van der Waals surface area contributed by atoms with Gasteiger partial charge in [0, 0.05) is 13.1 Å². The SMILES string of the molecule is Cc1cccc(CNc2cnn(CC3CC3)c(=O)c2Br)c1. The van der Waals surface area contributed by atoms with Crippen molar-refractivity contribution in [1.29, 1.82) is 0 Å². The third-order valence-corrected chi connectivity index (χ3v) is 4.44. The number of anilines is 1. The number of benzene rings is 1. The minimum Gasteiger partial charge on any atom is -0.379 e. The van der Waals surface area contributed by atoms with Crippen molar-refractivity contribution in [2.45, 2.75) is 32.9 Å². The summed E-state index contributed by atoms with van der Waals surface area (Å²) in [4.78, 5) is 12.2. The fraction of sp³-hybridized carbons (Fsp3) is 0.375. The molecule has 0 spiro atoms. The van der Waals surface area contributed by atoms with E-state index in [2.05, 4.69) is 51.5 Å². The van der Waals surface area contributed by atoms with E-state index in [1.54, 1.807) is 10.9 Å². The van der Waals surface area contributed by atoms with Gasteiger partial charge in [-0.1, -0.05) is 29.8 Å². The highest BCUT2D eigenvalue weighted by Gasteiger charge is 2.23. The maximum absolute atomic E-state index is 12.2. The summed E-state index contributed by atoms with van der Waals surface area (Å²) < 4.78 is 2.12. The van der Waals surface area contributed by atoms with Crippen LogP contribution in [0.25, 0.3) is 0 Å². The fourth-order valence-electron chi connectivity index (χ4n) is 2.28. The Balaban J connectivity index is 1.73. The molecule has 4 nitrogen and oxygen atoms in total. The minimum atomic E-state index is -0.0591. The van der Waals surface area contributed by atoms with E-state index < -0.39 is 0 Å². The first-order valence-corrected chi connectivity index (χ1v) is 7.98. The van der Waals surface area contributed by atoms with Crippen LogP contribution >= 0.6 is 15.9 Å². The van der Waals surface area contributed by atoms with E-state index >= 15 is 0 Å². The molecule has 1 fully saturated rings. The third-order valence-electron chi connectivity index (χ3n) is 3.68. The van der Waals surface area contributed by atoms with E-state index in [-0.39, 0.29) is 5.56 Å². The van der Waals surface area contributed by atoms with Crippen molar-refractivity contribution in [2.75, 3.05) is 5.32 Å². The predicted molar refractivity (Wildman–Crippen MR) is 87.4 cm³/mol. The van der Waals surface area contributed by atoms with Gasteiger partial charge >= 0.3 is 0 Å². The second-order valence-corrected chi connectivity index (χ2v) is 6.44. The number of aromatic nitrogens is 2. The minimum absolute atomic E-state index is 0.0591. The van der Waals surface area contributed by atoms with Crippen molar-refractivity contribution >= 4 is 21.6 Å². The van der Waals surface area contributed by atoms with Gasteiger partial charge in [0.1, 0.15) is 4.47 Å². The van der Waals surface area contributed by atoms with Crippen molar-refractivity contribution in [3.63, 3.8) is 0 Å². The fourth-order valence-corrected chi connectivity index (χ4v) is 2.73. The maximum atomic E-state index is 12.2. The quantitative estimate of drug-likeness (QED) is 0.902. The monoisotopic (exact) mass is 347 g/mol. The summed E-state index contributed by atoms with van der Waals surface area (Å²) in [6.45, 7) is 3.48. The Kier molecular flexibility index (Phi) is 4.10. The van der Waals surface area contributed by atoms with Crippen molar-refractivity contribution in [3.8, 4) is 0 Å². The molecule has 0 atom stereocenters. The van der Waals surface area contributed by atoms with Gasteiger partial charge < -0.3 is 5.32 Å². The van der Waals surface area contributed by atoms with Gasteiger partial charge in [-0.15, -0.1) is 0 Å². The van der Waals surface area contributed by atoms with Crippen LogP contribution in [0.1, 0.15) is 24.0 Å². The van der Waals surface area contributed by atoms with E-state index in [1.165, 1.54) is 24.0 Å². The van der Waals surface area contributed by atoms with Gasteiger partial charge in [-0.3, -0.25) is 4.79 Å². The first-order valence-electron chi connectivity index (χ1n) is 7.18. The second kappa shape index (κ2) is 6.02. The maximum Gasteiger partial charge on any atom is 0.283 e. The molecule has 0 saturated heterocycles. The van der Waals surface area contributed by atoms with E-state index in [1.807, 2.05) is 6.07 Å². The van der Waals surface area contributed by atoms with Gasteiger partial charge in [0.25, 0.3) is 5.56 Å². The van der Waals surface area contributed by atoms with Crippen LogP contribution in [0.3, 0.4) is 0 Å². The topological polar surface area (TPSA) is 46.9 Å². The molecule has 1 aromatic heterocycles. The van der Waals surface area contributed by atoms with Crippen LogP contribution in [0, 0.1) is 12.8 Å². The van der Waals surface area contributed by atoms with Crippen LogP contribution in [0.2, 0.25) is 0 Å². The Morgan fingerprint density at radius 2 is 2.24 bits per heavy atom. The molecule has 1 aliphatic carbocycles. The van der Waals surface area contributed by atoms with E-state index in [0.717, 1.165) is 12.2 Å². The molecule has 0 aliphatic heterocycles. The molecule has 0 radical (unpaired) electrons. The highest BCUT2D eigenvalue weighted by molar-refractivity contribution is 9.10. The molecule has 2 aromatic rings. The Morgan fingerprint density at radius 1 is 1.43 bits per heavy atom. The number of rotatable bonds is 5. The zero-order valence-corrected chi connectivity index (χ0v) is 13.6. The number of nitrogens with one attached hydrogen (secondary N) is 1. The lowest BCUT2D eigenvalue weighted by Crippen LogP contribution is -2.25. The van der Waals surface area contributed by atoms with Crippen molar-refractivity contribution < 1.29 is 0 Å². The van der Waals surface area contributed by atoms with Crippen molar-refractivity contribution in [1.82, 2.24) is 9.78 Å². The summed E-state index contributed by atoms with van der Waals surface area (Å²) in [5.41, 5.74) is 3.10. The molecular weight excluding hydrogens is 330 g/mol. The summed E-state index contributed by atoms with van der Waals surface area (Å²) in [5, 5.41) is 7.53. The van der Waals surface area contributed by atoms with Gasteiger partial charge in [0.2, 0.25) is 0 Å². The zero-order valence-electron chi connectivity index (χ0n) is 12.0. The van der Waals surface area contributed by atoms with Gasteiger partial charge in [-0.05, 0) is 47.2 Å². The number of hydrogen-bond donors (Lipinski definition) is 1. The first-order chi connectivity index (χ1) is 10.1. The van der Waals surface area contributed by atoms with E-state index in [0.29, 0.717) is 16.9 Å². The summed E-state index contributed by atoms with van der Waals surface area (Å²) in [5.74, 6) is 0.633. The molecule has 3 rings (SSSR count). The van der Waals surface area contributed by atoms with Gasteiger partial charge in [-0.2, -0.15) is 5.10 Å². The third kappa shape index (κ3) is 3.53. The number of aryl methyl sites for hydroxylation is 1. The molecule has 1 N–H and O–H groups in total. The summed E-state index contributed by atoms with van der Waals surface area (Å²) in [7, 11) is 0. The number of hydrogen-bond acceptors (Lipinski definition) is 3. The van der Waals surface area contributed by atoms with Gasteiger partial charge in [0.15, 0.2) is 0 Å². The molecular formula is C16H18BrN3O. The van der Waals surface area contributed by atoms with Crippen LogP contribution < -0.4 is 10.9 Å². The summed E-state index contributed by atoms with van der Waals surface area (Å²) >= 11 is 3.39. The summed E-state index contributed by atoms with van der Waals surface area (Å²) in [6.07, 6.45) is 4.14. The molecule has 0 amide bonds. The van der Waals surface area contributed by atoms with Gasteiger partial charge in [0.05, 0.1) is 11.9 Å². The molecule has 1 heterocycles. The molecule has 1 aliphatic rings. The lowest BCUT2D eigenvalue weighted by molar-refractivity contribution is 0.532. The average Bonchev–Trinajstić information content (AvgIpc) is 3.27. The Hall–Kier alpha value is -1.62. The predicted octanol–water partition coefficient (Wildman–Crippen LogP) is 3.34. The van der Waals surface area contributed by atoms with Crippen LogP contribution in [0.15, 0.2) is 39.7 Å². The smallest absolute Gasteiger partial charge is 0.283 e.